The van der Waals surface area contributed by atoms with E-state index in [-0.39, 0.29) is 18.0 Å². The summed E-state index contributed by atoms with van der Waals surface area (Å²) in [5.74, 6) is 2.16. The van der Waals surface area contributed by atoms with E-state index in [4.69, 9.17) is 20.4 Å². The lowest BCUT2D eigenvalue weighted by atomic mass is 10.1. The summed E-state index contributed by atoms with van der Waals surface area (Å²) in [5.41, 5.74) is 12.9. The van der Waals surface area contributed by atoms with E-state index in [1.807, 2.05) is 54.4 Å². The summed E-state index contributed by atoms with van der Waals surface area (Å²) in [6, 6.07) is 17.9. The Labute approximate surface area is 269 Å². The number of aryl methyl sites for hydroxylation is 1. The second kappa shape index (κ2) is 10.4. The summed E-state index contributed by atoms with van der Waals surface area (Å²) in [6.45, 7) is 1.55. The van der Waals surface area contributed by atoms with Crippen LogP contribution in [0.5, 0.6) is 5.75 Å². The molecule has 0 radical (unpaired) electrons. The molecule has 5 heterocycles. The topological polar surface area (TPSA) is 150 Å². The fourth-order valence-corrected chi connectivity index (χ4v) is 7.64. The van der Waals surface area contributed by atoms with Gasteiger partial charge in [0.15, 0.2) is 11.6 Å². The normalized spacial score (nSPS) is 20.6. The van der Waals surface area contributed by atoms with Crippen molar-refractivity contribution in [2.45, 2.75) is 44.3 Å². The number of likely N-dealkylation sites (tertiary alicyclic amines) is 1. The number of nitrogens with two attached hydrogens (primary N) is 1. The van der Waals surface area contributed by atoms with Crippen LogP contribution in [0, 0.1) is 11.8 Å². The number of nitrogens with one attached hydrogen (secondary N) is 1. The van der Waals surface area contributed by atoms with Gasteiger partial charge in [0.1, 0.15) is 16.9 Å². The van der Waals surface area contributed by atoms with Gasteiger partial charge in [0, 0.05) is 54.3 Å². The van der Waals surface area contributed by atoms with Gasteiger partial charge >= 0.3 is 5.76 Å². The molecule has 3 N–H and O–H groups in total. The molecule has 12 nitrogen and oxygen atoms in total. The van der Waals surface area contributed by atoms with Crippen molar-refractivity contribution in [1.82, 2.24) is 34.1 Å². The number of hydrogen-bond acceptors (Lipinski definition) is 8. The molecule has 2 saturated carbocycles. The minimum absolute atomic E-state index is 0.0121. The van der Waals surface area contributed by atoms with Crippen LogP contribution in [0.25, 0.3) is 56.2 Å². The lowest BCUT2D eigenvalue weighted by Crippen LogP contribution is -2.41. The molecule has 3 fully saturated rings. The number of amides is 1. The number of ether oxygens (including phenoxy) is 1. The Morgan fingerprint density at radius 3 is 2.53 bits per heavy atom. The number of carbonyl (C=O) groups is 1. The summed E-state index contributed by atoms with van der Waals surface area (Å²) in [7, 11) is 3.63. The number of H-pyrrole nitrogens is 1. The predicted molar refractivity (Wildman–Crippen MR) is 176 cm³/mol. The number of methoxy groups -OCH3 is 1. The molecular formula is C35H34N8O4. The molecule has 12 heteroatoms. The molecule has 3 unspecified atom stereocenters. The van der Waals surface area contributed by atoms with Crippen molar-refractivity contribution < 1.29 is 14.1 Å². The number of benzene rings is 2. The van der Waals surface area contributed by atoms with Crippen LogP contribution < -0.4 is 16.2 Å². The van der Waals surface area contributed by atoms with Gasteiger partial charge in [-0.05, 0) is 67.9 Å². The Kier molecular flexibility index (Phi) is 6.20. The third-order valence-electron chi connectivity index (χ3n) is 10.3. The molecule has 6 aromatic rings. The van der Waals surface area contributed by atoms with E-state index in [2.05, 4.69) is 35.9 Å². The van der Waals surface area contributed by atoms with Gasteiger partial charge in [-0.1, -0.05) is 29.4 Å². The molecule has 4 aromatic heterocycles. The van der Waals surface area contributed by atoms with Gasteiger partial charge in [-0.15, -0.1) is 0 Å². The minimum Gasteiger partial charge on any atom is -0.494 e. The molecule has 1 aliphatic heterocycles. The first-order valence-corrected chi connectivity index (χ1v) is 16.1. The van der Waals surface area contributed by atoms with E-state index in [0.717, 1.165) is 64.3 Å². The quantitative estimate of drug-likeness (QED) is 0.260. The number of piperidine rings is 1. The van der Waals surface area contributed by atoms with Crippen molar-refractivity contribution in [3.05, 3.63) is 70.7 Å². The summed E-state index contributed by atoms with van der Waals surface area (Å²) < 4.78 is 14.9. The predicted octanol–water partition coefficient (Wildman–Crippen LogP) is 4.58. The van der Waals surface area contributed by atoms with Crippen molar-refractivity contribution >= 4 is 28.0 Å². The third kappa shape index (κ3) is 4.49. The molecule has 238 valence electrons. The molecule has 2 bridgehead atoms. The Hall–Kier alpha value is -5.23. The average molecular weight is 631 g/mol. The Morgan fingerprint density at radius 2 is 1.85 bits per heavy atom. The molecule has 1 saturated heterocycles. The lowest BCUT2D eigenvalue weighted by molar-refractivity contribution is 0.0700. The number of carbonyl (C=O) groups excluding carboxylic acids is 1. The van der Waals surface area contributed by atoms with Gasteiger partial charge in [0.25, 0.3) is 5.91 Å². The first kappa shape index (κ1) is 28.0. The number of hydrogen-bond donors (Lipinski definition) is 2. The molecule has 47 heavy (non-hydrogen) atoms. The molecule has 9 rings (SSSR count). The number of rotatable bonds is 7. The van der Waals surface area contributed by atoms with Crippen LogP contribution in [0.2, 0.25) is 0 Å². The number of pyridine rings is 1. The van der Waals surface area contributed by atoms with Gasteiger partial charge in [0.05, 0.1) is 24.0 Å². The number of fused-ring (bicyclic) bond motifs is 4. The van der Waals surface area contributed by atoms with E-state index in [9.17, 15) is 9.59 Å². The second-order valence-corrected chi connectivity index (χ2v) is 13.2. The smallest absolute Gasteiger partial charge is 0.439 e. The fourth-order valence-electron chi connectivity index (χ4n) is 7.64. The lowest BCUT2D eigenvalue weighted by Gasteiger charge is -2.27. The number of nitrogens with zero attached hydrogens (tertiary/aromatic N) is 6. The van der Waals surface area contributed by atoms with Gasteiger partial charge in [-0.3, -0.25) is 14.3 Å². The van der Waals surface area contributed by atoms with E-state index in [1.54, 1.807) is 7.11 Å². The molecule has 0 spiro atoms. The van der Waals surface area contributed by atoms with E-state index >= 15 is 0 Å². The minimum atomic E-state index is -0.588. The summed E-state index contributed by atoms with van der Waals surface area (Å²) in [4.78, 5) is 39.9. The van der Waals surface area contributed by atoms with Crippen LogP contribution in [-0.2, 0) is 13.6 Å². The standard InChI is InChI=1S/C35H34N8O4/c1-41-30-25(13-23(15-28(30)46-2)34(44)43-17-22-10-12-26(43)29(22)36)38-33(41)27-14-21-9-11-24(37-32(21)42(27)16-18-3-4-18)19-5-7-20(8-6-19)31-39-35(45)47-40-31/h5-9,11,13-15,18,22,26,29H,3-4,10,12,16-17,36H2,1-2H3,(H,39,40,45). The van der Waals surface area contributed by atoms with Crippen molar-refractivity contribution in [2.75, 3.05) is 13.7 Å². The van der Waals surface area contributed by atoms with Crippen molar-refractivity contribution in [2.24, 2.45) is 24.6 Å². The number of aromatic nitrogens is 6. The van der Waals surface area contributed by atoms with Crippen LogP contribution in [0.15, 0.2) is 63.9 Å². The largest absolute Gasteiger partial charge is 0.494 e. The van der Waals surface area contributed by atoms with Crippen LogP contribution in [0.3, 0.4) is 0 Å². The molecule has 1 amide bonds. The zero-order chi connectivity index (χ0) is 32.0. The van der Waals surface area contributed by atoms with Crippen LogP contribution >= 0.6 is 0 Å². The maximum Gasteiger partial charge on any atom is 0.439 e. The maximum atomic E-state index is 13.7. The van der Waals surface area contributed by atoms with Gasteiger partial charge < -0.3 is 24.5 Å². The highest BCUT2D eigenvalue weighted by Gasteiger charge is 2.47. The van der Waals surface area contributed by atoms with Crippen LogP contribution in [-0.4, -0.2) is 65.8 Å². The third-order valence-corrected chi connectivity index (χ3v) is 10.3. The van der Waals surface area contributed by atoms with Gasteiger partial charge in [0.2, 0.25) is 0 Å². The molecule has 3 atom stereocenters. The summed E-state index contributed by atoms with van der Waals surface area (Å²) in [6.07, 6.45) is 4.43. The Balaban J connectivity index is 1.12. The SMILES string of the molecule is COc1cc(C(=O)N2CC3CCC2C3N)cc2nc(-c3cc4ccc(-c5ccc(-c6noc(=O)[nH]6)cc5)nc4n3CC3CC3)n(C)c12. The fraction of sp³-hybridized carbons (Fsp3) is 0.343. The molecular weight excluding hydrogens is 596 g/mol. The van der Waals surface area contributed by atoms with Crippen molar-refractivity contribution in [3.8, 4) is 39.9 Å². The number of aromatic amines is 1. The van der Waals surface area contributed by atoms with Gasteiger partial charge in [-0.25, -0.2) is 14.8 Å². The van der Waals surface area contributed by atoms with Crippen LogP contribution in [0.4, 0.5) is 0 Å². The first-order valence-electron chi connectivity index (χ1n) is 16.1. The van der Waals surface area contributed by atoms with Crippen LogP contribution in [0.1, 0.15) is 36.0 Å². The summed E-state index contributed by atoms with van der Waals surface area (Å²) >= 11 is 0. The average Bonchev–Trinajstić information content (AvgIpc) is 3.34. The summed E-state index contributed by atoms with van der Waals surface area (Å²) in [5, 5.41) is 4.80. The second-order valence-electron chi connectivity index (χ2n) is 13.2. The number of imidazole rings is 1. The zero-order valence-electron chi connectivity index (χ0n) is 26.1. The monoisotopic (exact) mass is 630 g/mol. The molecule has 2 aromatic carbocycles. The first-order chi connectivity index (χ1) is 22.9. The van der Waals surface area contributed by atoms with E-state index < -0.39 is 5.76 Å². The Bertz CT molecular complexity index is 2260. The molecule has 2 aliphatic carbocycles. The van der Waals surface area contributed by atoms with Gasteiger partial charge in [-0.2, -0.15) is 0 Å². The molecule has 3 aliphatic rings. The van der Waals surface area contributed by atoms with E-state index in [0.29, 0.717) is 41.0 Å². The highest BCUT2D eigenvalue weighted by Crippen LogP contribution is 2.40. The Morgan fingerprint density at radius 1 is 1.04 bits per heavy atom. The highest BCUT2D eigenvalue weighted by atomic mass is 16.5. The van der Waals surface area contributed by atoms with Crippen molar-refractivity contribution in [1.29, 1.82) is 0 Å². The zero-order valence-corrected chi connectivity index (χ0v) is 26.1. The maximum absolute atomic E-state index is 13.7. The van der Waals surface area contributed by atoms with E-state index in [1.165, 1.54) is 12.8 Å². The van der Waals surface area contributed by atoms with Crippen molar-refractivity contribution in [3.63, 3.8) is 0 Å². The highest BCUT2D eigenvalue weighted by molar-refractivity contribution is 6.00.